The Labute approximate surface area is 104 Å². The first-order chi connectivity index (χ1) is 0. The van der Waals surface area contributed by atoms with Gasteiger partial charge in [-0.1, -0.05) is 0 Å². The Morgan fingerprint density at radius 1 is 1.00 bits per heavy atom. The van der Waals surface area contributed by atoms with Crippen molar-refractivity contribution in [3.63, 3.8) is 0 Å². The molecule has 4 heavy (non-hydrogen) atoms. The van der Waals surface area contributed by atoms with Gasteiger partial charge in [-0.15, -0.1) is 0 Å². The molecule has 0 bridgehead atoms. The Hall–Kier alpha value is 3.47. The summed E-state index contributed by atoms with van der Waals surface area (Å²) >= 11 is 0. The van der Waals surface area contributed by atoms with E-state index in [4.69, 9.17) is 0 Å². The Bertz CT molecular complexity index is 8.00. The predicted octanol–water partition coefficient (Wildman–Crippen LogP) is -2.48. The minimum atomic E-state index is 0. The van der Waals surface area contributed by atoms with Gasteiger partial charge in [0, 0.05) is 19.5 Å². The largest absolute Gasteiger partial charge is 0 e. The zero-order valence-corrected chi connectivity index (χ0v) is 3.67. The van der Waals surface area contributed by atoms with Gasteiger partial charge in [-0.05, 0) is 0 Å². The quantitative estimate of drug-likeness (QED) is 0.370. The molecule has 0 aliphatic heterocycles. The van der Waals surface area contributed by atoms with E-state index in [2.05, 4.69) is 0 Å². The molecule has 0 aromatic carbocycles. The fourth-order valence-corrected chi connectivity index (χ4v) is 0. The van der Waals surface area contributed by atoms with Crippen molar-refractivity contribution in [2.45, 2.75) is 0 Å². The van der Waals surface area contributed by atoms with Gasteiger partial charge < -0.3 is 0 Å². The van der Waals surface area contributed by atoms with Crippen LogP contribution in [0.15, 0.2) is 0 Å². The van der Waals surface area contributed by atoms with Crippen LogP contribution >= 0.6 is 0 Å². The van der Waals surface area contributed by atoms with Crippen molar-refractivity contribution in [2.24, 2.45) is 0 Å². The second kappa shape index (κ2) is 16.1. The van der Waals surface area contributed by atoms with Crippen LogP contribution in [0.4, 0.5) is 0 Å². The van der Waals surface area contributed by atoms with E-state index in [1.54, 1.807) is 0 Å². The van der Waals surface area contributed by atoms with E-state index in [9.17, 15) is 0 Å². The van der Waals surface area contributed by atoms with E-state index in [0.717, 1.165) is 0 Å². The molecule has 0 aliphatic carbocycles. The second-order valence-electron chi connectivity index (χ2n) is 0. The average Bonchev–Trinajstić information content (AvgIpc) is 0. The minimum absolute atomic E-state index is 0. The van der Waals surface area contributed by atoms with Crippen LogP contribution < -0.4 is 0 Å². The summed E-state index contributed by atoms with van der Waals surface area (Å²) < 4.78 is 0. The molecule has 0 nitrogen and oxygen atoms in total. The van der Waals surface area contributed by atoms with Crippen molar-refractivity contribution in [2.75, 3.05) is 0 Å². The summed E-state index contributed by atoms with van der Waals surface area (Å²) in [7, 11) is 0. The van der Waals surface area contributed by atoms with Gasteiger partial charge in [-0.2, -0.15) is 0 Å². The molecule has 0 saturated heterocycles. The third-order valence-corrected chi connectivity index (χ3v) is 0. The first-order valence-corrected chi connectivity index (χ1v) is 0. The summed E-state index contributed by atoms with van der Waals surface area (Å²) in [4.78, 5) is 0. The maximum Gasteiger partial charge on any atom is 0 e. The van der Waals surface area contributed by atoms with Gasteiger partial charge in [0.25, 0.3) is 0 Å². The monoisotopic (exact) mass is 188 g/mol. The zero-order chi connectivity index (χ0) is 0. The molecule has 0 aromatic rings. The molecule has 12 valence electrons. The summed E-state index contributed by atoms with van der Waals surface area (Å²) in [5.41, 5.74) is 0. The summed E-state index contributed by atoms with van der Waals surface area (Å²) in [6.07, 6.45) is 0. The van der Waals surface area contributed by atoms with E-state index in [0.29, 0.717) is 0 Å². The van der Waals surface area contributed by atoms with Crippen LogP contribution in [0.5, 0.6) is 0 Å². The molecule has 0 amide bonds. The number of hydrogen-bond donors (Lipinski definition) is 0. The molecule has 0 fully saturated rings. The topological polar surface area (TPSA) is 0 Å². The van der Waals surface area contributed by atoms with Crippen LogP contribution in [-0.4, -0.2) is 87.4 Å². The van der Waals surface area contributed by atoms with Crippen LogP contribution in [0.2, 0.25) is 0 Å². The maximum absolute atomic E-state index is 0. The molecule has 0 radical (unpaired) electrons. The normalized spacial score (nSPS) is 0. The first kappa shape index (κ1) is 26.0. The Kier molecular flexibility index (Phi) is 104. The van der Waals surface area contributed by atoms with Gasteiger partial charge >= 0.3 is 87.4 Å². The number of hydrogen-bond acceptors (Lipinski definition) is 0. The van der Waals surface area contributed by atoms with Crippen molar-refractivity contribution in [3.8, 4) is 0 Å². The van der Waals surface area contributed by atoms with E-state index in [1.165, 1.54) is 0 Å². The van der Waals surface area contributed by atoms with Crippen molar-refractivity contribution in [3.05, 3.63) is 0 Å². The first-order valence-electron chi connectivity index (χ1n) is 0. The Morgan fingerprint density at radius 2 is 1.00 bits per heavy atom. The standard InChI is InChI=1S/Li.Mg.Sr.Zn.5H. The van der Waals surface area contributed by atoms with Gasteiger partial charge in [0.05, 0.1) is 0 Å². The summed E-state index contributed by atoms with van der Waals surface area (Å²) in [6, 6.07) is 0. The third-order valence-electron chi connectivity index (χ3n) is 0. The molecule has 0 heterocycles. The molecular formula is H5LiMgSrZn. The Balaban J connectivity index is 0. The van der Waals surface area contributed by atoms with Crippen molar-refractivity contribution in [1.29, 1.82) is 0 Å². The maximum atomic E-state index is 0. The van der Waals surface area contributed by atoms with Crippen molar-refractivity contribution < 1.29 is 19.5 Å². The number of rotatable bonds is 0. The van der Waals surface area contributed by atoms with Gasteiger partial charge in [-0.3, -0.25) is 0 Å². The molecular weight excluding hydrogens is 184 g/mol. The van der Waals surface area contributed by atoms with Gasteiger partial charge in [-0.25, -0.2) is 0 Å². The molecule has 0 unspecified atom stereocenters. The van der Waals surface area contributed by atoms with Crippen LogP contribution in [0.1, 0.15) is 0 Å². The summed E-state index contributed by atoms with van der Waals surface area (Å²) in [5.74, 6) is 0. The fraction of sp³-hybridized carbons (Fsp3) is 0. The molecule has 0 aromatic heterocycles. The molecule has 0 aliphatic rings. The van der Waals surface area contributed by atoms with Crippen LogP contribution in [0.25, 0.3) is 0 Å². The van der Waals surface area contributed by atoms with E-state index in [-0.39, 0.29) is 107 Å². The van der Waals surface area contributed by atoms with Gasteiger partial charge in [0.1, 0.15) is 0 Å². The fourth-order valence-electron chi connectivity index (χ4n) is 0. The van der Waals surface area contributed by atoms with Crippen LogP contribution in [0, 0.1) is 0 Å². The average molecular weight is 189 g/mol. The zero-order valence-electron chi connectivity index (χ0n) is 0.707. The third kappa shape index (κ3) is 9.08. The summed E-state index contributed by atoms with van der Waals surface area (Å²) in [6.45, 7) is 0. The molecule has 0 saturated carbocycles. The van der Waals surface area contributed by atoms with E-state index in [1.807, 2.05) is 0 Å². The molecule has 4 heteroatoms. The predicted molar refractivity (Wildman–Crippen MR) is 24.2 cm³/mol. The Morgan fingerprint density at radius 3 is 1.00 bits per heavy atom. The van der Waals surface area contributed by atoms with Crippen LogP contribution in [0.3, 0.4) is 0 Å². The van der Waals surface area contributed by atoms with Gasteiger partial charge in [0.15, 0.2) is 0 Å². The SMILES string of the molecule is [LiH].[MgH2].[SrH2].[Zn]. The van der Waals surface area contributed by atoms with Crippen LogP contribution in [-0.2, 0) is 19.5 Å². The molecule has 0 rings (SSSR count). The van der Waals surface area contributed by atoms with Gasteiger partial charge in [0.2, 0.25) is 0 Å². The smallest absolute Gasteiger partial charge is 0 e. The second-order valence-corrected chi connectivity index (χ2v) is 0. The summed E-state index contributed by atoms with van der Waals surface area (Å²) in [5, 5.41) is 0. The minimum Gasteiger partial charge on any atom is 0 e. The van der Waals surface area contributed by atoms with Crippen molar-refractivity contribution >= 4 is 87.4 Å². The molecule has 0 N–H and O–H groups in total. The van der Waals surface area contributed by atoms with E-state index < -0.39 is 0 Å². The molecule has 0 spiro atoms. The van der Waals surface area contributed by atoms with E-state index >= 15 is 0 Å². The van der Waals surface area contributed by atoms with Crippen molar-refractivity contribution in [1.82, 2.24) is 0 Å². The molecule has 0 atom stereocenters.